The first kappa shape index (κ1) is 15.0. The van der Waals surface area contributed by atoms with Crippen LogP contribution in [0, 0.1) is 19.7 Å². The minimum atomic E-state index is -0.581. The molecule has 0 saturated heterocycles. The lowest BCUT2D eigenvalue weighted by Crippen LogP contribution is -2.27. The van der Waals surface area contributed by atoms with Crippen molar-refractivity contribution in [1.82, 2.24) is 5.32 Å². The molecule has 0 aliphatic heterocycles. The fraction of sp³-hybridized carbons (Fsp3) is 0.235. The van der Waals surface area contributed by atoms with Crippen LogP contribution < -0.4 is 11.1 Å². The molecular formula is C17H19FN2O. The number of aryl methyl sites for hydroxylation is 2. The van der Waals surface area contributed by atoms with Gasteiger partial charge in [0.15, 0.2) is 0 Å². The van der Waals surface area contributed by atoms with Gasteiger partial charge in [0.2, 0.25) is 0 Å². The lowest BCUT2D eigenvalue weighted by molar-refractivity contribution is 0.0939. The molecule has 0 aliphatic rings. The zero-order valence-corrected chi connectivity index (χ0v) is 12.4. The van der Waals surface area contributed by atoms with E-state index in [1.807, 2.05) is 39.0 Å². The van der Waals surface area contributed by atoms with Gasteiger partial charge in [0.25, 0.3) is 5.91 Å². The second-order valence-electron chi connectivity index (χ2n) is 5.29. The molecule has 110 valence electrons. The minimum Gasteiger partial charge on any atom is -0.396 e. The summed E-state index contributed by atoms with van der Waals surface area (Å²) >= 11 is 0. The molecule has 1 atom stereocenters. The Morgan fingerprint density at radius 2 is 1.90 bits per heavy atom. The molecule has 0 spiro atoms. The van der Waals surface area contributed by atoms with E-state index in [1.165, 1.54) is 12.1 Å². The molecule has 0 fully saturated rings. The first-order valence-corrected chi connectivity index (χ1v) is 6.81. The zero-order valence-electron chi connectivity index (χ0n) is 12.4. The Kier molecular flexibility index (Phi) is 4.26. The predicted molar refractivity (Wildman–Crippen MR) is 82.6 cm³/mol. The normalized spacial score (nSPS) is 12.0. The molecule has 0 heterocycles. The number of halogens is 1. The van der Waals surface area contributed by atoms with Crippen molar-refractivity contribution in [3.63, 3.8) is 0 Å². The summed E-state index contributed by atoms with van der Waals surface area (Å²) in [6, 6.07) is 10.0. The monoisotopic (exact) mass is 286 g/mol. The summed E-state index contributed by atoms with van der Waals surface area (Å²) < 4.78 is 13.4. The molecule has 0 bridgehead atoms. The van der Waals surface area contributed by atoms with Crippen LogP contribution >= 0.6 is 0 Å². The lowest BCUT2D eigenvalue weighted by atomic mass is 9.99. The highest BCUT2D eigenvalue weighted by atomic mass is 19.1. The molecule has 4 heteroatoms. The van der Waals surface area contributed by atoms with E-state index in [0.717, 1.165) is 22.8 Å². The van der Waals surface area contributed by atoms with Gasteiger partial charge in [-0.1, -0.05) is 23.8 Å². The van der Waals surface area contributed by atoms with E-state index in [4.69, 9.17) is 5.73 Å². The maximum absolute atomic E-state index is 13.4. The van der Waals surface area contributed by atoms with Crippen LogP contribution in [0.2, 0.25) is 0 Å². The number of hydrogen-bond donors (Lipinski definition) is 2. The summed E-state index contributed by atoms with van der Waals surface area (Å²) in [5, 5.41) is 2.88. The van der Waals surface area contributed by atoms with E-state index in [9.17, 15) is 9.18 Å². The van der Waals surface area contributed by atoms with Gasteiger partial charge in [0.1, 0.15) is 5.82 Å². The highest BCUT2D eigenvalue weighted by molar-refractivity contribution is 5.94. The maximum Gasteiger partial charge on any atom is 0.251 e. The number of carbonyl (C=O) groups is 1. The summed E-state index contributed by atoms with van der Waals surface area (Å²) in [7, 11) is 0. The van der Waals surface area contributed by atoms with Gasteiger partial charge < -0.3 is 11.1 Å². The van der Waals surface area contributed by atoms with Crippen LogP contribution in [0.5, 0.6) is 0 Å². The summed E-state index contributed by atoms with van der Waals surface area (Å²) in [6.07, 6.45) is 0. The quantitative estimate of drug-likeness (QED) is 0.848. The van der Waals surface area contributed by atoms with Gasteiger partial charge in [-0.2, -0.15) is 0 Å². The Labute approximate surface area is 124 Å². The van der Waals surface area contributed by atoms with Gasteiger partial charge in [-0.15, -0.1) is 0 Å². The van der Waals surface area contributed by atoms with Crippen LogP contribution in [0.4, 0.5) is 10.1 Å². The van der Waals surface area contributed by atoms with Crippen molar-refractivity contribution in [2.45, 2.75) is 26.8 Å². The number of amides is 1. The summed E-state index contributed by atoms with van der Waals surface area (Å²) in [6.45, 7) is 5.92. The number of benzene rings is 2. The Morgan fingerprint density at radius 3 is 2.57 bits per heavy atom. The van der Waals surface area contributed by atoms with E-state index in [0.29, 0.717) is 0 Å². The van der Waals surface area contributed by atoms with Crippen LogP contribution in [0.1, 0.15) is 40.0 Å². The third-order valence-electron chi connectivity index (χ3n) is 3.51. The van der Waals surface area contributed by atoms with Gasteiger partial charge in [0, 0.05) is 5.56 Å². The van der Waals surface area contributed by atoms with Gasteiger partial charge in [-0.05, 0) is 50.1 Å². The average molecular weight is 286 g/mol. The number of anilines is 1. The van der Waals surface area contributed by atoms with Gasteiger partial charge in [-0.3, -0.25) is 4.79 Å². The van der Waals surface area contributed by atoms with Gasteiger partial charge in [-0.25, -0.2) is 4.39 Å². The number of hydrogen-bond acceptors (Lipinski definition) is 2. The van der Waals surface area contributed by atoms with Crippen molar-refractivity contribution in [1.29, 1.82) is 0 Å². The lowest BCUT2D eigenvalue weighted by Gasteiger charge is -2.17. The van der Waals surface area contributed by atoms with Crippen LogP contribution in [-0.4, -0.2) is 5.91 Å². The Bertz CT molecular complexity index is 682. The summed E-state index contributed by atoms with van der Waals surface area (Å²) in [5.41, 5.74) is 9.01. The topological polar surface area (TPSA) is 55.1 Å². The van der Waals surface area contributed by atoms with Crippen molar-refractivity contribution in [2.75, 3.05) is 5.73 Å². The fourth-order valence-electron chi connectivity index (χ4n) is 2.25. The molecule has 1 amide bonds. The molecular weight excluding hydrogens is 267 g/mol. The molecule has 0 aromatic heterocycles. The zero-order chi connectivity index (χ0) is 15.6. The van der Waals surface area contributed by atoms with Gasteiger partial charge >= 0.3 is 0 Å². The minimum absolute atomic E-state index is 0.0362. The highest BCUT2D eigenvalue weighted by Gasteiger charge is 2.14. The smallest absolute Gasteiger partial charge is 0.251 e. The fourth-order valence-corrected chi connectivity index (χ4v) is 2.25. The molecule has 0 saturated carbocycles. The van der Waals surface area contributed by atoms with Crippen molar-refractivity contribution in [2.24, 2.45) is 0 Å². The number of carbonyl (C=O) groups excluding carboxylic acids is 1. The third kappa shape index (κ3) is 3.40. The number of rotatable bonds is 3. The average Bonchev–Trinajstić information content (AvgIpc) is 2.44. The molecule has 1 unspecified atom stereocenters. The van der Waals surface area contributed by atoms with Crippen molar-refractivity contribution >= 4 is 11.6 Å². The SMILES string of the molecule is Cc1ccc(C)c(C(C)NC(=O)c2ccc(N)c(F)c2)c1. The van der Waals surface area contributed by atoms with Crippen LogP contribution in [0.15, 0.2) is 36.4 Å². The number of nitrogens with one attached hydrogen (secondary N) is 1. The Balaban J connectivity index is 2.18. The Morgan fingerprint density at radius 1 is 1.19 bits per heavy atom. The predicted octanol–water partition coefficient (Wildman–Crippen LogP) is 3.52. The van der Waals surface area contributed by atoms with Crippen molar-refractivity contribution < 1.29 is 9.18 Å². The summed E-state index contributed by atoms with van der Waals surface area (Å²) in [4.78, 5) is 12.2. The van der Waals surface area contributed by atoms with E-state index in [-0.39, 0.29) is 23.2 Å². The third-order valence-corrected chi connectivity index (χ3v) is 3.51. The molecule has 0 aliphatic carbocycles. The van der Waals surface area contributed by atoms with Crippen molar-refractivity contribution in [3.05, 3.63) is 64.5 Å². The maximum atomic E-state index is 13.4. The summed E-state index contributed by atoms with van der Waals surface area (Å²) in [5.74, 6) is -0.899. The highest BCUT2D eigenvalue weighted by Crippen LogP contribution is 2.20. The standard InChI is InChI=1S/C17H19FN2O/c1-10-4-5-11(2)14(8-10)12(3)20-17(21)13-6-7-16(19)15(18)9-13/h4-9,12H,19H2,1-3H3,(H,20,21). The van der Waals surface area contributed by atoms with Crippen LogP contribution in [0.25, 0.3) is 0 Å². The molecule has 3 nitrogen and oxygen atoms in total. The first-order valence-electron chi connectivity index (χ1n) is 6.81. The Hall–Kier alpha value is -2.36. The molecule has 2 aromatic rings. The largest absolute Gasteiger partial charge is 0.396 e. The second kappa shape index (κ2) is 5.95. The first-order chi connectivity index (χ1) is 9.88. The van der Waals surface area contributed by atoms with Crippen molar-refractivity contribution in [3.8, 4) is 0 Å². The van der Waals surface area contributed by atoms with E-state index < -0.39 is 5.82 Å². The van der Waals surface area contributed by atoms with E-state index in [1.54, 1.807) is 0 Å². The molecule has 2 rings (SSSR count). The van der Waals surface area contributed by atoms with E-state index in [2.05, 4.69) is 5.32 Å². The van der Waals surface area contributed by atoms with Crippen LogP contribution in [-0.2, 0) is 0 Å². The second-order valence-corrected chi connectivity index (χ2v) is 5.29. The van der Waals surface area contributed by atoms with Gasteiger partial charge in [0.05, 0.1) is 11.7 Å². The molecule has 3 N–H and O–H groups in total. The molecule has 2 aromatic carbocycles. The molecule has 0 radical (unpaired) electrons. The molecule has 21 heavy (non-hydrogen) atoms. The van der Waals surface area contributed by atoms with Crippen LogP contribution in [0.3, 0.4) is 0 Å². The number of nitrogens with two attached hydrogens (primary N) is 1. The number of nitrogen functional groups attached to an aromatic ring is 1. The van der Waals surface area contributed by atoms with E-state index >= 15 is 0 Å².